The van der Waals surface area contributed by atoms with Gasteiger partial charge in [-0.15, -0.1) is 0 Å². The van der Waals surface area contributed by atoms with Crippen molar-refractivity contribution in [2.24, 2.45) is 0 Å². The molecule has 1 fully saturated rings. The zero-order valence-electron chi connectivity index (χ0n) is 11.4. The predicted octanol–water partition coefficient (Wildman–Crippen LogP) is 0.820. The van der Waals surface area contributed by atoms with Crippen LogP contribution in [0, 0.1) is 6.92 Å². The molecule has 1 aliphatic heterocycles. The van der Waals surface area contributed by atoms with E-state index in [0.29, 0.717) is 17.3 Å². The van der Waals surface area contributed by atoms with Crippen LogP contribution in [-0.4, -0.2) is 59.9 Å². The van der Waals surface area contributed by atoms with Crippen LogP contribution in [0.2, 0.25) is 5.02 Å². The van der Waals surface area contributed by atoms with E-state index < -0.39 is 0 Å². The summed E-state index contributed by atoms with van der Waals surface area (Å²) in [5, 5.41) is 9.94. The highest BCUT2D eigenvalue weighted by Gasteiger charge is 2.33. The quantitative estimate of drug-likeness (QED) is 0.860. The number of halogens is 1. The van der Waals surface area contributed by atoms with Gasteiger partial charge in [0.05, 0.1) is 22.9 Å². The van der Waals surface area contributed by atoms with Gasteiger partial charge >= 0.3 is 0 Å². The second kappa shape index (κ2) is 5.90. The Morgan fingerprint density at radius 2 is 2.37 bits per heavy atom. The number of aromatic nitrogens is 2. The van der Waals surface area contributed by atoms with E-state index in [1.54, 1.807) is 6.92 Å². The maximum Gasteiger partial charge on any atom is 0.273 e. The van der Waals surface area contributed by atoms with Crippen molar-refractivity contribution in [2.75, 3.05) is 26.7 Å². The minimum absolute atomic E-state index is 0.0118. The molecule has 106 valence electrons. The van der Waals surface area contributed by atoms with Gasteiger partial charge in [-0.1, -0.05) is 11.6 Å². The number of aromatic amines is 1. The van der Waals surface area contributed by atoms with Crippen molar-refractivity contribution >= 4 is 17.5 Å². The molecule has 1 aromatic heterocycles. The average Bonchev–Trinajstić information content (AvgIpc) is 2.85. The van der Waals surface area contributed by atoms with Gasteiger partial charge in [0.25, 0.3) is 5.91 Å². The summed E-state index contributed by atoms with van der Waals surface area (Å²) in [5.41, 5.74) is 0.931. The Hall–Kier alpha value is -1.11. The van der Waals surface area contributed by atoms with Gasteiger partial charge in [0.2, 0.25) is 0 Å². The van der Waals surface area contributed by atoms with Crippen molar-refractivity contribution in [3.8, 4) is 0 Å². The molecule has 0 bridgehead atoms. The molecule has 6 nitrogen and oxygen atoms in total. The Kier molecular flexibility index (Phi) is 4.44. The van der Waals surface area contributed by atoms with Gasteiger partial charge in [0.15, 0.2) is 5.69 Å². The lowest BCUT2D eigenvalue weighted by atomic mass is 10.2. The highest BCUT2D eigenvalue weighted by atomic mass is 35.5. The van der Waals surface area contributed by atoms with E-state index in [1.807, 2.05) is 14.0 Å². The summed E-state index contributed by atoms with van der Waals surface area (Å²) in [4.78, 5) is 14.3. The largest absolute Gasteiger partial charge is 0.375 e. The molecule has 1 amide bonds. The van der Waals surface area contributed by atoms with Crippen LogP contribution >= 0.6 is 11.6 Å². The topological polar surface area (TPSA) is 70.2 Å². The number of nitrogens with zero attached hydrogens (tertiary/aromatic N) is 2. The molecule has 7 heteroatoms. The molecule has 0 radical (unpaired) electrons. The number of aryl methyl sites for hydroxylation is 1. The zero-order valence-corrected chi connectivity index (χ0v) is 12.1. The lowest BCUT2D eigenvalue weighted by Gasteiger charge is -2.19. The van der Waals surface area contributed by atoms with Crippen LogP contribution in [0.5, 0.6) is 0 Å². The number of ether oxygens (including phenoxy) is 1. The van der Waals surface area contributed by atoms with Gasteiger partial charge in [0, 0.05) is 19.7 Å². The molecular formula is C12H19ClN4O2. The smallest absolute Gasteiger partial charge is 0.273 e. The maximum atomic E-state index is 12.1. The number of likely N-dealkylation sites (tertiary alicyclic amines) is 1. The Balaban J connectivity index is 2.04. The third kappa shape index (κ3) is 3.08. The third-order valence-electron chi connectivity index (χ3n) is 3.23. The summed E-state index contributed by atoms with van der Waals surface area (Å²) >= 11 is 6.02. The second-order valence-corrected chi connectivity index (χ2v) is 5.18. The van der Waals surface area contributed by atoms with Crippen molar-refractivity contribution in [1.29, 1.82) is 0 Å². The first-order chi connectivity index (χ1) is 9.02. The predicted molar refractivity (Wildman–Crippen MR) is 72.5 cm³/mol. The van der Waals surface area contributed by atoms with Crippen molar-refractivity contribution in [1.82, 2.24) is 20.4 Å². The lowest BCUT2D eigenvalue weighted by Crippen LogP contribution is -2.44. The van der Waals surface area contributed by atoms with Crippen LogP contribution in [0.15, 0.2) is 0 Å². The molecule has 2 heterocycles. The van der Waals surface area contributed by atoms with Gasteiger partial charge in [0.1, 0.15) is 0 Å². The zero-order chi connectivity index (χ0) is 14.0. The monoisotopic (exact) mass is 286 g/mol. The summed E-state index contributed by atoms with van der Waals surface area (Å²) in [7, 11) is 2.00. The van der Waals surface area contributed by atoms with Gasteiger partial charge < -0.3 is 15.0 Å². The fourth-order valence-electron chi connectivity index (χ4n) is 2.29. The number of carbonyl (C=O) groups is 1. The van der Waals surface area contributed by atoms with Gasteiger partial charge in [-0.2, -0.15) is 5.10 Å². The second-order valence-electron chi connectivity index (χ2n) is 4.81. The van der Waals surface area contributed by atoms with Crippen molar-refractivity contribution in [3.05, 3.63) is 16.4 Å². The average molecular weight is 287 g/mol. The first-order valence-electron chi connectivity index (χ1n) is 6.34. The summed E-state index contributed by atoms with van der Waals surface area (Å²) in [6.07, 6.45) is 0.0118. The molecule has 1 aromatic rings. The van der Waals surface area contributed by atoms with Crippen LogP contribution < -0.4 is 5.32 Å². The molecule has 0 saturated carbocycles. The van der Waals surface area contributed by atoms with E-state index in [2.05, 4.69) is 20.4 Å². The van der Waals surface area contributed by atoms with Crippen molar-refractivity contribution < 1.29 is 9.53 Å². The van der Waals surface area contributed by atoms with E-state index in [1.165, 1.54) is 0 Å². The summed E-state index contributed by atoms with van der Waals surface area (Å²) < 4.78 is 5.64. The molecule has 0 aromatic carbocycles. The Morgan fingerprint density at radius 3 is 2.95 bits per heavy atom. The number of nitrogens with one attached hydrogen (secondary N) is 2. The van der Waals surface area contributed by atoms with E-state index in [4.69, 9.17) is 16.3 Å². The SMILES string of the molecule is CCO[C@H]1CN(C)C[C@@H]1NC(=O)c1n[nH]c(C)c1Cl. The molecular weight excluding hydrogens is 268 g/mol. The van der Waals surface area contributed by atoms with Crippen LogP contribution in [0.3, 0.4) is 0 Å². The molecule has 19 heavy (non-hydrogen) atoms. The minimum Gasteiger partial charge on any atom is -0.375 e. The number of H-pyrrole nitrogens is 1. The summed E-state index contributed by atoms with van der Waals surface area (Å²) in [6, 6.07) is -0.0366. The number of likely N-dealkylation sites (N-methyl/N-ethyl adjacent to an activating group) is 1. The maximum absolute atomic E-state index is 12.1. The minimum atomic E-state index is -0.264. The lowest BCUT2D eigenvalue weighted by molar-refractivity contribution is 0.0512. The molecule has 2 atom stereocenters. The molecule has 1 aliphatic rings. The molecule has 0 spiro atoms. The number of rotatable bonds is 4. The standard InChI is InChI=1S/C12H19ClN4O2/c1-4-19-9-6-17(3)5-8(9)14-12(18)11-10(13)7(2)15-16-11/h8-9H,4-6H2,1-3H3,(H,14,18)(H,15,16)/t8-,9-/m0/s1. The fourth-order valence-corrected chi connectivity index (χ4v) is 2.46. The van der Waals surface area contributed by atoms with Crippen LogP contribution in [0.1, 0.15) is 23.1 Å². The number of hydrogen-bond acceptors (Lipinski definition) is 4. The van der Waals surface area contributed by atoms with E-state index in [-0.39, 0.29) is 23.7 Å². The summed E-state index contributed by atoms with van der Waals surface area (Å²) in [5.74, 6) is -0.264. The number of hydrogen-bond donors (Lipinski definition) is 2. The number of carbonyl (C=O) groups excluding carboxylic acids is 1. The van der Waals surface area contributed by atoms with Crippen LogP contribution in [0.4, 0.5) is 0 Å². The molecule has 1 saturated heterocycles. The highest BCUT2D eigenvalue weighted by Crippen LogP contribution is 2.18. The van der Waals surface area contributed by atoms with E-state index >= 15 is 0 Å². The van der Waals surface area contributed by atoms with Crippen LogP contribution in [0.25, 0.3) is 0 Å². The molecule has 0 unspecified atom stereocenters. The van der Waals surface area contributed by atoms with E-state index in [0.717, 1.165) is 13.1 Å². The summed E-state index contributed by atoms with van der Waals surface area (Å²) in [6.45, 7) is 5.93. The molecule has 0 aliphatic carbocycles. The first-order valence-corrected chi connectivity index (χ1v) is 6.72. The van der Waals surface area contributed by atoms with E-state index in [9.17, 15) is 4.79 Å². The number of amides is 1. The van der Waals surface area contributed by atoms with Crippen LogP contribution in [-0.2, 0) is 4.74 Å². The molecule has 2 rings (SSSR count). The first kappa shape index (κ1) is 14.3. The fraction of sp³-hybridized carbons (Fsp3) is 0.667. The normalized spacial score (nSPS) is 23.8. The third-order valence-corrected chi connectivity index (χ3v) is 3.70. The Labute approximate surface area is 117 Å². The Morgan fingerprint density at radius 1 is 1.63 bits per heavy atom. The van der Waals surface area contributed by atoms with Crippen molar-refractivity contribution in [2.45, 2.75) is 26.0 Å². The van der Waals surface area contributed by atoms with Gasteiger partial charge in [-0.05, 0) is 20.9 Å². The molecule has 2 N–H and O–H groups in total. The Bertz CT molecular complexity index is 463. The van der Waals surface area contributed by atoms with Gasteiger partial charge in [-0.3, -0.25) is 9.89 Å². The van der Waals surface area contributed by atoms with Crippen molar-refractivity contribution in [3.63, 3.8) is 0 Å². The van der Waals surface area contributed by atoms with Gasteiger partial charge in [-0.25, -0.2) is 0 Å². The highest BCUT2D eigenvalue weighted by molar-refractivity contribution is 6.34.